The molecule has 1 aromatic heterocycles. The molecule has 1 N–H and O–H groups in total. The number of aromatic nitrogens is 1. The third kappa shape index (κ3) is 4.23. The predicted molar refractivity (Wildman–Crippen MR) is 115 cm³/mol. The van der Waals surface area contributed by atoms with Gasteiger partial charge in [-0.1, -0.05) is 37.3 Å². The predicted octanol–water partition coefficient (Wildman–Crippen LogP) is 4.06. The van der Waals surface area contributed by atoms with Gasteiger partial charge < -0.3 is 10.1 Å². The number of anilines is 1. The lowest BCUT2D eigenvalue weighted by Gasteiger charge is -2.24. The van der Waals surface area contributed by atoms with E-state index in [0.29, 0.717) is 22.4 Å². The lowest BCUT2D eigenvalue weighted by Crippen LogP contribution is -2.24. The first-order chi connectivity index (χ1) is 14.9. The Labute approximate surface area is 178 Å². The lowest BCUT2D eigenvalue weighted by atomic mass is 9.84. The van der Waals surface area contributed by atoms with E-state index in [1.807, 2.05) is 24.3 Å². The quantitative estimate of drug-likeness (QED) is 0.379. The molecule has 0 spiro atoms. The van der Waals surface area contributed by atoms with Crippen LogP contribution >= 0.6 is 0 Å². The van der Waals surface area contributed by atoms with E-state index in [1.165, 1.54) is 18.2 Å². The van der Waals surface area contributed by atoms with Crippen molar-refractivity contribution in [1.29, 1.82) is 0 Å². The molecule has 0 saturated heterocycles. The molecule has 0 bridgehead atoms. The topological polar surface area (TPSA) is 111 Å². The van der Waals surface area contributed by atoms with Gasteiger partial charge >= 0.3 is 5.97 Å². The number of carbonyl (C=O) groups is 2. The molecule has 1 amide bonds. The van der Waals surface area contributed by atoms with Gasteiger partial charge in [-0.25, -0.2) is 4.79 Å². The van der Waals surface area contributed by atoms with Crippen molar-refractivity contribution in [2.45, 2.75) is 26.2 Å². The summed E-state index contributed by atoms with van der Waals surface area (Å²) >= 11 is 0. The number of nitrogens with one attached hydrogen (secondary N) is 1. The molecule has 1 aliphatic carbocycles. The summed E-state index contributed by atoms with van der Waals surface area (Å²) in [7, 11) is 0. The summed E-state index contributed by atoms with van der Waals surface area (Å²) in [5, 5.41) is 14.2. The molecular weight excluding hydrogens is 398 g/mol. The summed E-state index contributed by atoms with van der Waals surface area (Å²) in [6, 6.07) is 13.2. The number of carbonyl (C=O) groups excluding carboxylic acids is 2. The third-order valence-electron chi connectivity index (χ3n) is 5.42. The van der Waals surface area contributed by atoms with E-state index in [1.54, 1.807) is 6.07 Å². The SMILES string of the molecule is C[C@H]1CCc2nc3ccccc3c(C(=O)OCC(=O)Nc3ccccc3[N+](=O)[O-])c2C1. The van der Waals surface area contributed by atoms with Crippen LogP contribution in [0.25, 0.3) is 10.9 Å². The van der Waals surface area contributed by atoms with Gasteiger partial charge in [-0.2, -0.15) is 0 Å². The van der Waals surface area contributed by atoms with E-state index in [0.717, 1.165) is 30.5 Å². The fourth-order valence-electron chi connectivity index (χ4n) is 3.92. The molecule has 1 atom stereocenters. The molecule has 0 saturated carbocycles. The summed E-state index contributed by atoms with van der Waals surface area (Å²) in [4.78, 5) is 40.6. The van der Waals surface area contributed by atoms with E-state index >= 15 is 0 Å². The molecule has 31 heavy (non-hydrogen) atoms. The van der Waals surface area contributed by atoms with Crippen molar-refractivity contribution >= 4 is 34.2 Å². The van der Waals surface area contributed by atoms with Gasteiger partial charge in [0.1, 0.15) is 5.69 Å². The van der Waals surface area contributed by atoms with Gasteiger partial charge in [-0.3, -0.25) is 19.9 Å². The zero-order valence-corrected chi connectivity index (χ0v) is 17.0. The Morgan fingerprint density at radius 3 is 2.74 bits per heavy atom. The van der Waals surface area contributed by atoms with Crippen LogP contribution < -0.4 is 5.32 Å². The van der Waals surface area contributed by atoms with Crippen LogP contribution in [0.5, 0.6) is 0 Å². The summed E-state index contributed by atoms with van der Waals surface area (Å²) < 4.78 is 5.32. The number of nitro benzene ring substituents is 1. The number of ether oxygens (including phenoxy) is 1. The number of hydrogen-bond acceptors (Lipinski definition) is 6. The maximum atomic E-state index is 13.0. The highest BCUT2D eigenvalue weighted by molar-refractivity contribution is 6.06. The van der Waals surface area contributed by atoms with Crippen LogP contribution in [-0.2, 0) is 22.4 Å². The highest BCUT2D eigenvalue weighted by atomic mass is 16.6. The van der Waals surface area contributed by atoms with Crippen LogP contribution in [-0.4, -0.2) is 28.4 Å². The monoisotopic (exact) mass is 419 g/mol. The second-order valence-electron chi connectivity index (χ2n) is 7.68. The summed E-state index contributed by atoms with van der Waals surface area (Å²) in [6.45, 7) is 1.58. The van der Waals surface area contributed by atoms with Gasteiger partial charge in [0.15, 0.2) is 6.61 Å². The van der Waals surface area contributed by atoms with Gasteiger partial charge in [-0.05, 0) is 42.9 Å². The molecule has 8 nitrogen and oxygen atoms in total. The average Bonchev–Trinajstić information content (AvgIpc) is 2.76. The van der Waals surface area contributed by atoms with Crippen LogP contribution in [0.15, 0.2) is 48.5 Å². The first-order valence-electron chi connectivity index (χ1n) is 10.0. The smallest absolute Gasteiger partial charge is 0.339 e. The zero-order chi connectivity index (χ0) is 22.0. The Morgan fingerprint density at radius 1 is 1.19 bits per heavy atom. The molecule has 0 unspecified atom stereocenters. The molecule has 0 radical (unpaired) electrons. The number of fused-ring (bicyclic) bond motifs is 2. The van der Waals surface area contributed by atoms with E-state index in [-0.39, 0.29) is 11.4 Å². The maximum Gasteiger partial charge on any atom is 0.339 e. The normalized spacial score (nSPS) is 15.2. The van der Waals surface area contributed by atoms with E-state index < -0.39 is 23.4 Å². The Balaban J connectivity index is 1.56. The number of benzene rings is 2. The Bertz CT molecular complexity index is 1190. The van der Waals surface area contributed by atoms with Gasteiger partial charge in [-0.15, -0.1) is 0 Å². The number of para-hydroxylation sites is 3. The number of aryl methyl sites for hydroxylation is 1. The minimum Gasteiger partial charge on any atom is -0.452 e. The van der Waals surface area contributed by atoms with Gasteiger partial charge in [0.05, 0.1) is 16.0 Å². The molecule has 3 aromatic rings. The highest BCUT2D eigenvalue weighted by Gasteiger charge is 2.26. The average molecular weight is 419 g/mol. The lowest BCUT2D eigenvalue weighted by molar-refractivity contribution is -0.383. The molecule has 0 aliphatic heterocycles. The fraction of sp³-hybridized carbons (Fsp3) is 0.261. The van der Waals surface area contributed by atoms with Crippen LogP contribution in [0.3, 0.4) is 0 Å². The fourth-order valence-corrected chi connectivity index (χ4v) is 3.92. The van der Waals surface area contributed by atoms with Crippen LogP contribution in [0, 0.1) is 16.0 Å². The number of pyridine rings is 1. The van der Waals surface area contributed by atoms with Crippen molar-refractivity contribution in [3.05, 3.63) is 75.5 Å². The summed E-state index contributed by atoms with van der Waals surface area (Å²) in [6.07, 6.45) is 2.52. The second-order valence-corrected chi connectivity index (χ2v) is 7.68. The van der Waals surface area contributed by atoms with E-state index in [2.05, 4.69) is 12.2 Å². The first-order valence-corrected chi connectivity index (χ1v) is 10.0. The Morgan fingerprint density at radius 2 is 1.94 bits per heavy atom. The summed E-state index contributed by atoms with van der Waals surface area (Å²) in [5.74, 6) is -0.825. The van der Waals surface area contributed by atoms with Gasteiger partial charge in [0.25, 0.3) is 11.6 Å². The molecular formula is C23H21N3O5. The minimum atomic E-state index is -0.650. The number of nitro groups is 1. The van der Waals surface area contributed by atoms with Gasteiger partial charge in [0.2, 0.25) is 0 Å². The molecule has 2 aromatic carbocycles. The highest BCUT2D eigenvalue weighted by Crippen LogP contribution is 2.32. The summed E-state index contributed by atoms with van der Waals surface area (Å²) in [5.41, 5.74) is 2.76. The molecule has 1 heterocycles. The first kappa shape index (κ1) is 20.5. The van der Waals surface area contributed by atoms with Crippen molar-refractivity contribution in [1.82, 2.24) is 4.98 Å². The van der Waals surface area contributed by atoms with Crippen molar-refractivity contribution in [2.24, 2.45) is 5.92 Å². The maximum absolute atomic E-state index is 13.0. The standard InChI is InChI=1S/C23H21N3O5/c1-14-10-11-18-16(12-14)22(15-6-2-3-7-17(15)24-18)23(28)31-13-21(27)25-19-8-4-5-9-20(19)26(29)30/h2-9,14H,10-13H2,1H3,(H,25,27)/t14-/m0/s1. The molecule has 0 fully saturated rings. The number of nitrogens with zero attached hydrogens (tertiary/aromatic N) is 2. The number of rotatable bonds is 5. The van der Waals surface area contributed by atoms with E-state index in [9.17, 15) is 19.7 Å². The molecule has 158 valence electrons. The second kappa shape index (κ2) is 8.51. The molecule has 4 rings (SSSR count). The number of esters is 1. The zero-order valence-electron chi connectivity index (χ0n) is 17.0. The van der Waals surface area contributed by atoms with Crippen LogP contribution in [0.1, 0.15) is 35.0 Å². The Hall–Kier alpha value is -3.81. The van der Waals surface area contributed by atoms with Crippen molar-refractivity contribution in [2.75, 3.05) is 11.9 Å². The Kier molecular flexibility index (Phi) is 5.62. The van der Waals surface area contributed by atoms with Crippen LogP contribution in [0.2, 0.25) is 0 Å². The number of amides is 1. The van der Waals surface area contributed by atoms with Crippen molar-refractivity contribution in [3.63, 3.8) is 0 Å². The largest absolute Gasteiger partial charge is 0.452 e. The molecule has 1 aliphatic rings. The van der Waals surface area contributed by atoms with Crippen molar-refractivity contribution in [3.8, 4) is 0 Å². The van der Waals surface area contributed by atoms with Crippen molar-refractivity contribution < 1.29 is 19.2 Å². The van der Waals surface area contributed by atoms with E-state index in [4.69, 9.17) is 9.72 Å². The molecule has 8 heteroatoms. The minimum absolute atomic E-state index is 0.0501. The van der Waals surface area contributed by atoms with Gasteiger partial charge in [0, 0.05) is 17.1 Å². The van der Waals surface area contributed by atoms with Crippen LogP contribution in [0.4, 0.5) is 11.4 Å². The third-order valence-corrected chi connectivity index (χ3v) is 5.42. The number of hydrogen-bond donors (Lipinski definition) is 1.